The molecule has 1 N–H and O–H groups in total. The van der Waals surface area contributed by atoms with Crippen LogP contribution >= 0.6 is 44.1 Å². The number of carbonyl (C=O) groups is 1. The van der Waals surface area contributed by atoms with Crippen molar-refractivity contribution in [1.82, 2.24) is 0 Å². The number of thiocarbonyl (C=S) groups is 1. The SMILES string of the molecule is N=C=S.O=C(Br)Br. The summed E-state index contributed by atoms with van der Waals surface area (Å²) in [6, 6.07) is 0. The van der Waals surface area contributed by atoms with Gasteiger partial charge in [0.1, 0.15) is 0 Å². The van der Waals surface area contributed by atoms with Crippen LogP contribution in [0.3, 0.4) is 0 Å². The summed E-state index contributed by atoms with van der Waals surface area (Å²) in [6.45, 7) is 0. The molecule has 0 saturated heterocycles. The Balaban J connectivity index is 0. The molecular weight excluding hydrogens is 246 g/mol. The molecule has 5 heteroatoms. The third-order valence-corrected chi connectivity index (χ3v) is 0. The Kier molecular flexibility index (Phi) is 14.4. The lowest BCUT2D eigenvalue weighted by atomic mass is 11.8. The third kappa shape index (κ3) is 682. The van der Waals surface area contributed by atoms with Crippen molar-refractivity contribution >= 4 is 52.8 Å². The molecule has 0 amide bonds. The highest BCUT2D eigenvalue weighted by molar-refractivity contribution is 9.39. The third-order valence-electron chi connectivity index (χ3n) is 0. The van der Waals surface area contributed by atoms with Gasteiger partial charge in [-0.05, 0) is 12.2 Å². The summed E-state index contributed by atoms with van der Waals surface area (Å²) < 4.78 is -0.208. The zero-order valence-corrected chi connectivity index (χ0v) is 7.06. The van der Waals surface area contributed by atoms with Crippen molar-refractivity contribution in [3.8, 4) is 0 Å². The summed E-state index contributed by atoms with van der Waals surface area (Å²) in [6.07, 6.45) is 0. The summed E-state index contributed by atoms with van der Waals surface area (Å²) >= 11 is 8.91. The Morgan fingerprint density at radius 2 is 1.71 bits per heavy atom. The minimum atomic E-state index is -0.208. The monoisotopic (exact) mass is 245 g/mol. The summed E-state index contributed by atoms with van der Waals surface area (Å²) in [5, 5.41) is 7.36. The summed E-state index contributed by atoms with van der Waals surface area (Å²) in [7, 11) is 0. The van der Waals surface area contributed by atoms with E-state index in [1.807, 2.05) is 0 Å². The van der Waals surface area contributed by atoms with Crippen molar-refractivity contribution in [2.75, 3.05) is 0 Å². The Hall–Kier alpha value is 0.430. The molecular formula is C2HBr2NOS. The Labute approximate surface area is 63.1 Å². The smallest absolute Gasteiger partial charge is 0.262 e. The van der Waals surface area contributed by atoms with Crippen LogP contribution in [-0.4, -0.2) is 8.76 Å². The van der Waals surface area contributed by atoms with E-state index in [4.69, 9.17) is 5.41 Å². The number of hydrogen-bond acceptors (Lipinski definition) is 3. The van der Waals surface area contributed by atoms with Gasteiger partial charge in [0.15, 0.2) is 0 Å². The maximum Gasteiger partial charge on any atom is 0.262 e. The summed E-state index contributed by atoms with van der Waals surface area (Å²) in [5.74, 6) is 0. The van der Waals surface area contributed by atoms with Gasteiger partial charge in [-0.2, -0.15) is 0 Å². The van der Waals surface area contributed by atoms with E-state index in [0.29, 0.717) is 0 Å². The van der Waals surface area contributed by atoms with Crippen molar-refractivity contribution in [2.45, 2.75) is 0 Å². The largest absolute Gasteiger partial charge is 0.273 e. The first-order valence-corrected chi connectivity index (χ1v) is 3.03. The molecule has 2 nitrogen and oxygen atoms in total. The number of carbonyl (C=O) groups excluding carboxylic acids is 1. The van der Waals surface area contributed by atoms with Gasteiger partial charge in [-0.15, -0.1) is 0 Å². The first kappa shape index (κ1) is 10.4. The Bertz CT molecular complexity index is 83.7. The van der Waals surface area contributed by atoms with Crippen molar-refractivity contribution in [1.29, 1.82) is 5.41 Å². The van der Waals surface area contributed by atoms with Gasteiger partial charge in [-0.3, -0.25) is 4.79 Å². The summed E-state index contributed by atoms with van der Waals surface area (Å²) in [4.78, 5) is 9.28. The Morgan fingerprint density at radius 1 is 1.71 bits per heavy atom. The lowest BCUT2D eigenvalue weighted by molar-refractivity contribution is 0.278. The molecule has 0 aliphatic carbocycles. The predicted octanol–water partition coefficient (Wildman–Crippen LogP) is 2.56. The highest BCUT2D eigenvalue weighted by Gasteiger charge is 1.70. The molecule has 7 heavy (non-hydrogen) atoms. The van der Waals surface area contributed by atoms with Crippen LogP contribution in [0.25, 0.3) is 0 Å². The topological polar surface area (TPSA) is 40.9 Å². The van der Waals surface area contributed by atoms with Crippen LogP contribution in [-0.2, 0) is 0 Å². The van der Waals surface area contributed by atoms with Crippen LogP contribution in [0.15, 0.2) is 0 Å². The molecule has 0 aliphatic heterocycles. The average Bonchev–Trinajstić information content (AvgIpc) is 1.33. The van der Waals surface area contributed by atoms with Crippen molar-refractivity contribution in [2.24, 2.45) is 0 Å². The molecule has 40 valence electrons. The summed E-state index contributed by atoms with van der Waals surface area (Å²) in [5.41, 5.74) is 0. The zero-order valence-electron chi connectivity index (χ0n) is 3.07. The molecule has 0 heterocycles. The van der Waals surface area contributed by atoms with Gasteiger partial charge in [0.25, 0.3) is 3.60 Å². The second-order valence-electron chi connectivity index (χ2n) is 0.328. The van der Waals surface area contributed by atoms with E-state index < -0.39 is 0 Å². The first-order chi connectivity index (χ1) is 3.15. The van der Waals surface area contributed by atoms with Crippen molar-refractivity contribution < 1.29 is 4.79 Å². The van der Waals surface area contributed by atoms with E-state index in [1.54, 1.807) is 5.16 Å². The van der Waals surface area contributed by atoms with Gasteiger partial charge in [0, 0.05) is 31.9 Å². The molecule has 0 bridgehead atoms. The van der Waals surface area contributed by atoms with Gasteiger partial charge in [0.2, 0.25) is 0 Å². The molecule has 0 aromatic rings. The van der Waals surface area contributed by atoms with Crippen molar-refractivity contribution in [3.05, 3.63) is 0 Å². The molecule has 0 aliphatic rings. The zero-order chi connectivity index (χ0) is 6.28. The standard InChI is InChI=1S/CBr2O.CHNS/c2-1(3)4;2-1-3/h;2H. The number of hydrogen-bond donors (Lipinski definition) is 1. The van der Waals surface area contributed by atoms with E-state index in [-0.39, 0.29) is 3.60 Å². The van der Waals surface area contributed by atoms with Gasteiger partial charge < -0.3 is 0 Å². The van der Waals surface area contributed by atoms with E-state index in [9.17, 15) is 4.79 Å². The van der Waals surface area contributed by atoms with Crippen LogP contribution in [0, 0.1) is 5.41 Å². The molecule has 0 atom stereocenters. The molecule has 0 fully saturated rings. The van der Waals surface area contributed by atoms with E-state index >= 15 is 0 Å². The van der Waals surface area contributed by atoms with Crippen LogP contribution in [0.1, 0.15) is 0 Å². The first-order valence-electron chi connectivity index (χ1n) is 1.04. The minimum absolute atomic E-state index is 0.208. The van der Waals surface area contributed by atoms with Crippen LogP contribution in [0.5, 0.6) is 0 Å². The van der Waals surface area contributed by atoms with Crippen LogP contribution in [0.2, 0.25) is 0 Å². The second-order valence-corrected chi connectivity index (χ2v) is 3.04. The molecule has 0 spiro atoms. The number of isothiocyanates is 1. The molecule has 0 aromatic heterocycles. The van der Waals surface area contributed by atoms with E-state index in [2.05, 4.69) is 44.1 Å². The molecule has 0 saturated carbocycles. The van der Waals surface area contributed by atoms with Gasteiger partial charge in [-0.1, -0.05) is 0 Å². The molecule has 0 unspecified atom stereocenters. The molecule has 0 aromatic carbocycles. The fourth-order valence-electron chi connectivity index (χ4n) is 0. The Morgan fingerprint density at radius 3 is 1.71 bits per heavy atom. The highest BCUT2D eigenvalue weighted by atomic mass is 79.9. The number of halogens is 2. The van der Waals surface area contributed by atoms with Gasteiger partial charge >= 0.3 is 0 Å². The van der Waals surface area contributed by atoms with Gasteiger partial charge in [-0.25, -0.2) is 5.41 Å². The van der Waals surface area contributed by atoms with Crippen molar-refractivity contribution in [3.63, 3.8) is 0 Å². The van der Waals surface area contributed by atoms with E-state index in [1.165, 1.54) is 0 Å². The molecule has 0 radical (unpaired) electrons. The van der Waals surface area contributed by atoms with Crippen LogP contribution < -0.4 is 0 Å². The number of nitrogens with one attached hydrogen (secondary N) is 1. The second kappa shape index (κ2) is 9.66. The maximum absolute atomic E-state index is 9.28. The van der Waals surface area contributed by atoms with E-state index in [0.717, 1.165) is 0 Å². The lowest BCUT2D eigenvalue weighted by Crippen LogP contribution is -1.42. The normalized spacial score (nSPS) is 4.86. The molecule has 0 rings (SSSR count). The lowest BCUT2D eigenvalue weighted by Gasteiger charge is -1.49. The van der Waals surface area contributed by atoms with Gasteiger partial charge in [0.05, 0.1) is 5.16 Å². The quantitative estimate of drug-likeness (QED) is 0.406. The highest BCUT2D eigenvalue weighted by Crippen LogP contribution is 1.92. The number of rotatable bonds is 0. The fourth-order valence-corrected chi connectivity index (χ4v) is 0. The fraction of sp³-hybridized carbons (Fsp3) is 0. The predicted molar refractivity (Wildman–Crippen MR) is 38.6 cm³/mol. The minimum Gasteiger partial charge on any atom is -0.273 e. The average molecular weight is 247 g/mol. The maximum atomic E-state index is 9.28. The van der Waals surface area contributed by atoms with Crippen LogP contribution in [0.4, 0.5) is 4.79 Å².